The van der Waals surface area contributed by atoms with Crippen LogP contribution in [0.15, 0.2) is 0 Å². The van der Waals surface area contributed by atoms with Crippen LogP contribution in [-0.4, -0.2) is 67.1 Å². The van der Waals surface area contributed by atoms with Gasteiger partial charge in [-0.1, -0.05) is 162 Å². The maximum Gasteiger partial charge on any atom is 0.306 e. The van der Waals surface area contributed by atoms with Crippen molar-refractivity contribution in [1.82, 2.24) is 4.90 Å². The van der Waals surface area contributed by atoms with Gasteiger partial charge >= 0.3 is 11.9 Å². The smallest absolute Gasteiger partial charge is 0.306 e. The summed E-state index contributed by atoms with van der Waals surface area (Å²) in [5, 5.41) is 9.64. The highest BCUT2D eigenvalue weighted by Crippen LogP contribution is 2.20. The van der Waals surface area contributed by atoms with Crippen molar-refractivity contribution in [1.29, 1.82) is 0 Å². The zero-order valence-electron chi connectivity index (χ0n) is 37.8. The number of halogens is 1. The lowest BCUT2D eigenvalue weighted by molar-refractivity contribution is -0.151. The van der Waals surface area contributed by atoms with Crippen molar-refractivity contribution in [3.05, 3.63) is 0 Å². The van der Waals surface area contributed by atoms with Crippen molar-refractivity contribution < 1.29 is 28.6 Å². The summed E-state index contributed by atoms with van der Waals surface area (Å²) in [6.07, 6.45) is 40.8. The number of ether oxygens (including phenoxy) is 2. The quantitative estimate of drug-likeness (QED) is 0.0488. The first kappa shape index (κ1) is 54.8. The molecule has 0 heterocycles. The third kappa shape index (κ3) is 39.6. The lowest BCUT2D eigenvalue weighted by Gasteiger charge is -2.21. The second kappa shape index (κ2) is 44.9. The Hall–Kier alpha value is -1.21. The van der Waals surface area contributed by atoms with E-state index in [1.807, 2.05) is 0 Å². The second-order valence-electron chi connectivity index (χ2n) is 17.0. The molecule has 0 aliphatic carbocycles. The minimum atomic E-state index is -0.221. The summed E-state index contributed by atoms with van der Waals surface area (Å²) in [6, 6.07) is 0. The van der Waals surface area contributed by atoms with Gasteiger partial charge in [0, 0.05) is 19.4 Å². The fourth-order valence-electron chi connectivity index (χ4n) is 7.86. The van der Waals surface area contributed by atoms with Crippen LogP contribution >= 0.6 is 0 Å². The molecule has 0 aliphatic rings. The molecule has 7 heteroatoms. The molecule has 0 bridgehead atoms. The maximum atomic E-state index is 12.8. The molecule has 6 nitrogen and oxygen atoms in total. The zero-order valence-corrected chi connectivity index (χ0v) is 37.8. The van der Waals surface area contributed by atoms with Crippen LogP contribution in [0.25, 0.3) is 0 Å². The van der Waals surface area contributed by atoms with Crippen LogP contribution in [-0.2, 0) is 19.1 Å². The van der Waals surface area contributed by atoms with E-state index in [0.29, 0.717) is 25.8 Å². The molecule has 0 rings (SSSR count). The molecule has 0 saturated heterocycles. The largest absolute Gasteiger partial charge is 0.462 e. The van der Waals surface area contributed by atoms with Gasteiger partial charge in [-0.3, -0.25) is 14.0 Å². The molecule has 56 heavy (non-hydrogen) atoms. The number of carbonyl (C=O) groups is 2. The summed E-state index contributed by atoms with van der Waals surface area (Å²) >= 11 is 0. The molecular formula is C49H96FNO5. The molecule has 0 aromatic carbocycles. The SMILES string of the molecule is CCCCCCCCC(CCCCCCCF)OC(=O)CCCCCCCN(CCO)CCCCCC(=O)OC(CCCCCCCC)CCCCCCCC. The number of alkyl halides is 1. The van der Waals surface area contributed by atoms with Gasteiger partial charge in [-0.2, -0.15) is 0 Å². The molecule has 1 unspecified atom stereocenters. The number of carbonyl (C=O) groups excluding carboxylic acids is 2. The predicted octanol–water partition coefficient (Wildman–Crippen LogP) is 14.6. The molecule has 0 aliphatic heterocycles. The lowest BCUT2D eigenvalue weighted by Crippen LogP contribution is -2.29. The Morgan fingerprint density at radius 1 is 0.429 bits per heavy atom. The highest BCUT2D eigenvalue weighted by Gasteiger charge is 2.16. The monoisotopic (exact) mass is 798 g/mol. The Balaban J connectivity index is 4.29. The van der Waals surface area contributed by atoms with Gasteiger partial charge in [0.2, 0.25) is 0 Å². The Morgan fingerprint density at radius 3 is 1.09 bits per heavy atom. The Labute approximate surface area is 348 Å². The average Bonchev–Trinajstić information content (AvgIpc) is 3.19. The van der Waals surface area contributed by atoms with Gasteiger partial charge in [0.05, 0.1) is 13.3 Å². The molecule has 0 radical (unpaired) electrons. The summed E-state index contributed by atoms with van der Waals surface area (Å²) in [5.74, 6) is -0.0554. The molecule has 0 saturated carbocycles. The Kier molecular flexibility index (Phi) is 43.9. The summed E-state index contributed by atoms with van der Waals surface area (Å²) in [5.41, 5.74) is 0. The molecule has 0 amide bonds. The number of unbranched alkanes of at least 4 members (excludes halogenated alkanes) is 25. The topological polar surface area (TPSA) is 76.1 Å². The number of nitrogens with zero attached hydrogens (tertiary/aromatic N) is 1. The molecule has 0 aromatic heterocycles. The summed E-state index contributed by atoms with van der Waals surface area (Å²) in [6.45, 7) is 9.34. The average molecular weight is 798 g/mol. The van der Waals surface area contributed by atoms with Gasteiger partial charge in [0.1, 0.15) is 12.2 Å². The molecule has 0 aromatic rings. The predicted molar refractivity (Wildman–Crippen MR) is 237 cm³/mol. The van der Waals surface area contributed by atoms with Gasteiger partial charge in [-0.25, -0.2) is 0 Å². The molecule has 1 atom stereocenters. The van der Waals surface area contributed by atoms with Gasteiger partial charge in [-0.15, -0.1) is 0 Å². The van der Waals surface area contributed by atoms with Crippen molar-refractivity contribution in [2.24, 2.45) is 0 Å². The van der Waals surface area contributed by atoms with E-state index in [1.165, 1.54) is 109 Å². The van der Waals surface area contributed by atoms with Crippen molar-refractivity contribution in [3.8, 4) is 0 Å². The molecule has 334 valence electrons. The van der Waals surface area contributed by atoms with E-state index in [0.717, 1.165) is 122 Å². The van der Waals surface area contributed by atoms with E-state index in [9.17, 15) is 19.1 Å². The minimum Gasteiger partial charge on any atom is -0.462 e. The maximum absolute atomic E-state index is 12.8. The van der Waals surface area contributed by atoms with Gasteiger partial charge in [0.15, 0.2) is 0 Å². The number of aliphatic hydroxyl groups is 1. The zero-order chi connectivity index (χ0) is 41.0. The summed E-state index contributed by atoms with van der Waals surface area (Å²) in [4.78, 5) is 27.9. The number of hydrogen-bond acceptors (Lipinski definition) is 6. The van der Waals surface area contributed by atoms with E-state index in [-0.39, 0.29) is 37.4 Å². The van der Waals surface area contributed by atoms with Crippen LogP contribution in [0.3, 0.4) is 0 Å². The lowest BCUT2D eigenvalue weighted by atomic mass is 10.0. The molecule has 0 spiro atoms. The highest BCUT2D eigenvalue weighted by molar-refractivity contribution is 5.69. The van der Waals surface area contributed by atoms with Crippen molar-refractivity contribution >= 4 is 11.9 Å². The first-order valence-corrected chi connectivity index (χ1v) is 24.8. The van der Waals surface area contributed by atoms with Crippen LogP contribution in [0, 0.1) is 0 Å². The van der Waals surface area contributed by atoms with E-state index < -0.39 is 0 Å². The van der Waals surface area contributed by atoms with Gasteiger partial charge in [-0.05, 0) is 96.6 Å². The minimum absolute atomic E-state index is 0.0155. The normalized spacial score (nSPS) is 12.2. The number of hydrogen-bond donors (Lipinski definition) is 1. The Bertz CT molecular complexity index is 781. The van der Waals surface area contributed by atoms with Crippen LogP contribution in [0.4, 0.5) is 4.39 Å². The van der Waals surface area contributed by atoms with Crippen LogP contribution < -0.4 is 0 Å². The van der Waals surface area contributed by atoms with Gasteiger partial charge < -0.3 is 19.5 Å². The highest BCUT2D eigenvalue weighted by atomic mass is 19.1. The van der Waals surface area contributed by atoms with E-state index >= 15 is 0 Å². The van der Waals surface area contributed by atoms with Crippen LogP contribution in [0.2, 0.25) is 0 Å². The van der Waals surface area contributed by atoms with Crippen molar-refractivity contribution in [2.45, 2.75) is 271 Å². The molecule has 1 N–H and O–H groups in total. The fourth-order valence-corrected chi connectivity index (χ4v) is 7.86. The Morgan fingerprint density at radius 2 is 0.732 bits per heavy atom. The standard InChI is InChI=1S/C49H96FNO5/c1-4-7-10-13-18-26-35-46(36-27-19-14-11-8-5-2)56-49(54)40-31-25-34-43-51(44-45-52)42-33-24-17-22-30-39-48(53)55-47(37-28-20-15-12-9-6-3)38-29-21-16-23-32-41-50/h46-47,52H,4-45H2,1-3H3. The number of rotatable bonds is 46. The van der Waals surface area contributed by atoms with Crippen molar-refractivity contribution in [2.75, 3.05) is 32.9 Å². The molecule has 0 fully saturated rings. The van der Waals surface area contributed by atoms with Crippen molar-refractivity contribution in [3.63, 3.8) is 0 Å². The first-order chi connectivity index (χ1) is 27.5. The molecular weight excluding hydrogens is 702 g/mol. The number of esters is 2. The van der Waals surface area contributed by atoms with E-state index in [2.05, 4.69) is 25.7 Å². The summed E-state index contributed by atoms with van der Waals surface area (Å²) in [7, 11) is 0. The summed E-state index contributed by atoms with van der Waals surface area (Å²) < 4.78 is 24.4. The van der Waals surface area contributed by atoms with Crippen LogP contribution in [0.1, 0.15) is 258 Å². The van der Waals surface area contributed by atoms with E-state index in [1.54, 1.807) is 0 Å². The third-order valence-corrected chi connectivity index (χ3v) is 11.5. The third-order valence-electron chi connectivity index (χ3n) is 11.5. The van der Waals surface area contributed by atoms with Crippen LogP contribution in [0.5, 0.6) is 0 Å². The van der Waals surface area contributed by atoms with E-state index in [4.69, 9.17) is 9.47 Å². The van der Waals surface area contributed by atoms with Gasteiger partial charge in [0.25, 0.3) is 0 Å². The second-order valence-corrected chi connectivity index (χ2v) is 17.0. The fraction of sp³-hybridized carbons (Fsp3) is 0.959. The number of aliphatic hydroxyl groups excluding tert-OH is 1. The first-order valence-electron chi connectivity index (χ1n) is 24.8.